The fourth-order valence-electron chi connectivity index (χ4n) is 4.99. The van der Waals surface area contributed by atoms with Crippen molar-refractivity contribution >= 4 is 35.6 Å². The number of halogens is 2. The van der Waals surface area contributed by atoms with Crippen LogP contribution in [0.15, 0.2) is 24.5 Å². The lowest BCUT2D eigenvalue weighted by Gasteiger charge is -2.30. The van der Waals surface area contributed by atoms with Crippen LogP contribution in [0, 0.1) is 17.7 Å². The van der Waals surface area contributed by atoms with Crippen LogP contribution in [0.4, 0.5) is 16.0 Å². The summed E-state index contributed by atoms with van der Waals surface area (Å²) in [7, 11) is 1.67. The molecule has 2 amide bonds. The summed E-state index contributed by atoms with van der Waals surface area (Å²) in [6, 6.07) is 3.63. The molecule has 4 rings (SSSR count). The Labute approximate surface area is 232 Å². The van der Waals surface area contributed by atoms with Gasteiger partial charge in [-0.2, -0.15) is 14.4 Å². The van der Waals surface area contributed by atoms with Crippen LogP contribution in [0.1, 0.15) is 56.9 Å². The molecule has 2 aromatic rings. The highest BCUT2D eigenvalue weighted by Gasteiger charge is 2.29. The molecular weight excluding hydrogens is 529 g/mol. The lowest BCUT2D eigenvalue weighted by atomic mass is 9.92. The van der Waals surface area contributed by atoms with Gasteiger partial charge in [-0.05, 0) is 54.5 Å². The Morgan fingerprint density at radius 2 is 1.97 bits per heavy atom. The Hall–Kier alpha value is -3.09. The smallest absolute Gasteiger partial charge is 0.243 e. The second-order valence-corrected chi connectivity index (χ2v) is 10.3. The third-order valence-corrected chi connectivity index (χ3v) is 7.18. The second kappa shape index (κ2) is 14.3. The van der Waals surface area contributed by atoms with Crippen LogP contribution in [0.3, 0.4) is 0 Å². The van der Waals surface area contributed by atoms with Crippen molar-refractivity contribution in [2.75, 3.05) is 30.5 Å². The molecule has 13 heteroatoms. The molecule has 1 aliphatic heterocycles. The molecule has 11 nitrogen and oxygen atoms in total. The summed E-state index contributed by atoms with van der Waals surface area (Å²) in [6.07, 6.45) is 10.8. The molecule has 212 valence electrons. The number of nitrogens with one attached hydrogen (secondary N) is 2. The molecule has 2 aliphatic rings. The van der Waals surface area contributed by atoms with Crippen LogP contribution in [0.25, 0.3) is 0 Å². The highest BCUT2D eigenvalue weighted by Crippen LogP contribution is 2.31. The summed E-state index contributed by atoms with van der Waals surface area (Å²) in [4.78, 5) is 44.3. The van der Waals surface area contributed by atoms with Crippen molar-refractivity contribution in [3.05, 3.63) is 41.2 Å². The van der Waals surface area contributed by atoms with Gasteiger partial charge in [0.2, 0.25) is 23.4 Å². The molecule has 2 aromatic heterocycles. The van der Waals surface area contributed by atoms with E-state index in [1.165, 1.54) is 0 Å². The lowest BCUT2D eigenvalue weighted by Crippen LogP contribution is -2.43. The van der Waals surface area contributed by atoms with Gasteiger partial charge in [-0.15, -0.1) is 0 Å². The van der Waals surface area contributed by atoms with Crippen molar-refractivity contribution < 1.29 is 23.6 Å². The molecule has 2 N–H and O–H groups in total. The first kappa shape index (κ1) is 28.9. The largest absolute Gasteiger partial charge is 0.353 e. The average molecular weight is 564 g/mol. The molecule has 1 saturated heterocycles. The van der Waals surface area contributed by atoms with Crippen LogP contribution in [0.5, 0.6) is 0 Å². The molecule has 0 spiro atoms. The van der Waals surface area contributed by atoms with Gasteiger partial charge in [-0.3, -0.25) is 25.4 Å². The zero-order chi connectivity index (χ0) is 27.6. The van der Waals surface area contributed by atoms with Crippen molar-refractivity contribution in [1.82, 2.24) is 25.4 Å². The first-order valence-corrected chi connectivity index (χ1v) is 13.7. The van der Waals surface area contributed by atoms with E-state index >= 15 is 4.39 Å². The SMILES string of the molecule is CN(Cc1ccncc1)c1nc(Cl)nc(NNC(=O)[C@H](CC2CCCC2)CN(C=O)OC2CCCCO2)c1F. The maximum absolute atomic E-state index is 15.4. The fourth-order valence-corrected chi connectivity index (χ4v) is 5.16. The van der Waals surface area contributed by atoms with E-state index in [-0.39, 0.29) is 23.5 Å². The Morgan fingerprint density at radius 3 is 2.67 bits per heavy atom. The number of aromatic nitrogens is 3. The summed E-state index contributed by atoms with van der Waals surface area (Å²) >= 11 is 6.09. The molecule has 1 saturated carbocycles. The van der Waals surface area contributed by atoms with Crippen molar-refractivity contribution in [3.63, 3.8) is 0 Å². The number of rotatable bonds is 13. The van der Waals surface area contributed by atoms with Crippen LogP contribution in [-0.2, 0) is 25.7 Å². The molecular formula is C26H35ClFN7O4. The van der Waals surface area contributed by atoms with Gasteiger partial charge in [-0.25, -0.2) is 9.90 Å². The van der Waals surface area contributed by atoms with Crippen molar-refractivity contribution in [3.8, 4) is 0 Å². The summed E-state index contributed by atoms with van der Waals surface area (Å²) in [5.74, 6) is -1.71. The number of carbonyl (C=O) groups excluding carboxylic acids is 2. The van der Waals surface area contributed by atoms with Gasteiger partial charge in [0, 0.05) is 39.0 Å². The van der Waals surface area contributed by atoms with Crippen molar-refractivity contribution in [1.29, 1.82) is 0 Å². The van der Waals surface area contributed by atoms with E-state index in [2.05, 4.69) is 25.8 Å². The van der Waals surface area contributed by atoms with Crippen molar-refractivity contribution in [2.45, 2.75) is 64.2 Å². The zero-order valence-corrected chi connectivity index (χ0v) is 22.8. The summed E-state index contributed by atoms with van der Waals surface area (Å²) < 4.78 is 20.9. The van der Waals surface area contributed by atoms with Gasteiger partial charge in [-0.1, -0.05) is 25.7 Å². The van der Waals surface area contributed by atoms with E-state index in [1.807, 2.05) is 12.1 Å². The van der Waals surface area contributed by atoms with E-state index < -0.39 is 23.9 Å². The Balaban J connectivity index is 1.42. The molecule has 2 fully saturated rings. The Kier molecular flexibility index (Phi) is 10.6. The average Bonchev–Trinajstić information content (AvgIpc) is 3.46. The van der Waals surface area contributed by atoms with E-state index in [1.54, 1.807) is 24.3 Å². The van der Waals surface area contributed by atoms with E-state index in [0.29, 0.717) is 38.3 Å². The molecule has 0 aromatic carbocycles. The topological polar surface area (TPSA) is 122 Å². The number of anilines is 2. The van der Waals surface area contributed by atoms with Gasteiger partial charge < -0.3 is 9.64 Å². The summed E-state index contributed by atoms with van der Waals surface area (Å²) in [5.41, 5.74) is 6.03. The minimum absolute atomic E-state index is 0.0286. The molecule has 1 unspecified atom stereocenters. The number of pyridine rings is 1. The normalized spacial score (nSPS) is 18.4. The maximum atomic E-state index is 15.4. The standard InChI is InChI=1S/C26H35ClFN7O4/c1-34(15-19-9-11-29-12-10-19)24-22(28)23(30-26(27)31-24)32-33-25(37)20(14-18-6-2-3-7-18)16-35(17-36)39-21-8-4-5-13-38-21/h9-12,17-18,20-21H,2-8,13-16H2,1H3,(H,33,37)(H,30,31,32)/t20-,21?/m1/s1. The number of carbonyl (C=O) groups is 2. The number of hydrazine groups is 1. The monoisotopic (exact) mass is 563 g/mol. The van der Waals surface area contributed by atoms with Gasteiger partial charge in [0.15, 0.2) is 17.9 Å². The van der Waals surface area contributed by atoms with Gasteiger partial charge >= 0.3 is 0 Å². The number of hydrogen-bond acceptors (Lipinski definition) is 9. The molecule has 0 radical (unpaired) electrons. The van der Waals surface area contributed by atoms with Gasteiger partial charge in [0.05, 0.1) is 12.5 Å². The number of hydroxylamine groups is 2. The minimum Gasteiger partial charge on any atom is -0.353 e. The number of amides is 2. The van der Waals surface area contributed by atoms with Crippen molar-refractivity contribution in [2.24, 2.45) is 11.8 Å². The third-order valence-electron chi connectivity index (χ3n) is 7.01. The van der Waals surface area contributed by atoms with Gasteiger partial charge in [0.25, 0.3) is 0 Å². The molecule has 2 atom stereocenters. The highest BCUT2D eigenvalue weighted by atomic mass is 35.5. The van der Waals surface area contributed by atoms with E-state index in [9.17, 15) is 9.59 Å². The zero-order valence-electron chi connectivity index (χ0n) is 22.0. The maximum Gasteiger partial charge on any atom is 0.243 e. The summed E-state index contributed by atoms with van der Waals surface area (Å²) in [6.45, 7) is 0.967. The summed E-state index contributed by atoms with van der Waals surface area (Å²) in [5, 5.41) is 0.948. The van der Waals surface area contributed by atoms with Crippen LogP contribution in [-0.4, -0.2) is 58.8 Å². The fraction of sp³-hybridized carbons (Fsp3) is 0.577. The number of hydrogen-bond donors (Lipinski definition) is 2. The van der Waals surface area contributed by atoms with Gasteiger partial charge in [0.1, 0.15) is 0 Å². The van der Waals surface area contributed by atoms with Crippen LogP contribution in [0.2, 0.25) is 5.28 Å². The quantitative estimate of drug-likeness (QED) is 0.212. The minimum atomic E-state index is -0.768. The molecule has 1 aliphatic carbocycles. The molecule has 3 heterocycles. The Bertz CT molecular complexity index is 1090. The second-order valence-electron chi connectivity index (χ2n) is 9.99. The predicted octanol–water partition coefficient (Wildman–Crippen LogP) is 3.86. The highest BCUT2D eigenvalue weighted by molar-refractivity contribution is 6.28. The Morgan fingerprint density at radius 1 is 1.23 bits per heavy atom. The molecule has 39 heavy (non-hydrogen) atoms. The molecule has 0 bridgehead atoms. The first-order valence-electron chi connectivity index (χ1n) is 13.3. The lowest BCUT2D eigenvalue weighted by molar-refractivity contribution is -0.276. The predicted molar refractivity (Wildman–Crippen MR) is 143 cm³/mol. The third kappa shape index (κ3) is 8.45. The van der Waals surface area contributed by atoms with Crippen LogP contribution < -0.4 is 15.8 Å². The van der Waals surface area contributed by atoms with Crippen LogP contribution >= 0.6 is 11.6 Å². The van der Waals surface area contributed by atoms with E-state index in [0.717, 1.165) is 49.2 Å². The number of ether oxygens (including phenoxy) is 1. The number of nitrogens with zero attached hydrogens (tertiary/aromatic N) is 5. The first-order chi connectivity index (χ1) is 18.9. The van der Waals surface area contributed by atoms with E-state index in [4.69, 9.17) is 21.2 Å².